The van der Waals surface area contributed by atoms with Crippen LogP contribution >= 0.6 is 23.4 Å². The SMILES string of the molecule is C[C@H]1CCCC[C@H]1N1C(=O)/C(=C/c2cc(Cl)ccc2O)SC1=Nc1ccccc1. The van der Waals surface area contributed by atoms with Crippen molar-refractivity contribution >= 4 is 46.2 Å². The van der Waals surface area contributed by atoms with E-state index in [1.807, 2.05) is 35.2 Å². The molecule has 29 heavy (non-hydrogen) atoms. The van der Waals surface area contributed by atoms with Crippen molar-refractivity contribution in [3.8, 4) is 5.75 Å². The molecule has 4 nitrogen and oxygen atoms in total. The molecule has 1 aliphatic heterocycles. The summed E-state index contributed by atoms with van der Waals surface area (Å²) in [4.78, 5) is 20.6. The third kappa shape index (κ3) is 4.36. The Labute approximate surface area is 180 Å². The number of aromatic hydroxyl groups is 1. The second kappa shape index (κ2) is 8.64. The molecule has 2 aromatic rings. The number of phenols is 1. The van der Waals surface area contributed by atoms with Gasteiger partial charge in [-0.15, -0.1) is 0 Å². The zero-order chi connectivity index (χ0) is 20.4. The maximum absolute atomic E-state index is 13.4. The highest BCUT2D eigenvalue weighted by atomic mass is 35.5. The number of halogens is 1. The number of amidine groups is 1. The van der Waals surface area contributed by atoms with Crippen LogP contribution in [0, 0.1) is 5.92 Å². The van der Waals surface area contributed by atoms with Gasteiger partial charge in [0.15, 0.2) is 5.17 Å². The van der Waals surface area contributed by atoms with Gasteiger partial charge in [0.1, 0.15) is 5.75 Å². The third-order valence-corrected chi connectivity index (χ3v) is 6.71. The lowest BCUT2D eigenvalue weighted by Gasteiger charge is -2.35. The van der Waals surface area contributed by atoms with E-state index in [0.29, 0.717) is 26.6 Å². The molecule has 2 atom stereocenters. The molecular weight excluding hydrogens is 404 g/mol. The molecule has 2 fully saturated rings. The van der Waals surface area contributed by atoms with E-state index in [0.717, 1.165) is 24.9 Å². The summed E-state index contributed by atoms with van der Waals surface area (Å²) < 4.78 is 0. The normalized spacial score (nSPS) is 25.2. The van der Waals surface area contributed by atoms with Crippen LogP contribution in [0.25, 0.3) is 6.08 Å². The number of benzene rings is 2. The Morgan fingerprint density at radius 1 is 1.17 bits per heavy atom. The van der Waals surface area contributed by atoms with Crippen molar-refractivity contribution in [2.75, 3.05) is 0 Å². The number of nitrogens with zero attached hydrogens (tertiary/aromatic N) is 2. The molecule has 0 aromatic heterocycles. The average molecular weight is 427 g/mol. The number of carbonyl (C=O) groups excluding carboxylic acids is 1. The number of para-hydroxylation sites is 1. The first-order valence-corrected chi connectivity index (χ1v) is 11.1. The molecule has 1 N–H and O–H groups in total. The minimum absolute atomic E-state index is 0.0530. The van der Waals surface area contributed by atoms with Crippen LogP contribution in [0.4, 0.5) is 5.69 Å². The van der Waals surface area contributed by atoms with E-state index in [9.17, 15) is 9.90 Å². The lowest BCUT2D eigenvalue weighted by atomic mass is 9.85. The number of phenolic OH excluding ortho intramolecular Hbond substituents is 1. The summed E-state index contributed by atoms with van der Waals surface area (Å²) in [7, 11) is 0. The lowest BCUT2D eigenvalue weighted by molar-refractivity contribution is -0.124. The highest BCUT2D eigenvalue weighted by molar-refractivity contribution is 8.18. The van der Waals surface area contributed by atoms with Crippen LogP contribution in [0.3, 0.4) is 0 Å². The first-order chi connectivity index (χ1) is 14.0. The number of aliphatic imine (C=N–C) groups is 1. The first-order valence-electron chi connectivity index (χ1n) is 9.88. The minimum atomic E-state index is -0.0530. The van der Waals surface area contributed by atoms with E-state index >= 15 is 0 Å². The Bertz CT molecular complexity index is 974. The molecule has 2 aromatic carbocycles. The van der Waals surface area contributed by atoms with E-state index in [4.69, 9.17) is 16.6 Å². The molecule has 1 amide bonds. The van der Waals surface area contributed by atoms with Crippen LogP contribution in [0.5, 0.6) is 5.75 Å². The molecule has 1 saturated heterocycles. The van der Waals surface area contributed by atoms with Gasteiger partial charge in [0.2, 0.25) is 0 Å². The Morgan fingerprint density at radius 3 is 2.69 bits per heavy atom. The number of hydrogen-bond donors (Lipinski definition) is 1. The highest BCUT2D eigenvalue weighted by Gasteiger charge is 2.41. The molecule has 1 heterocycles. The fourth-order valence-electron chi connectivity index (χ4n) is 3.93. The number of hydrogen-bond acceptors (Lipinski definition) is 4. The molecule has 0 bridgehead atoms. The van der Waals surface area contributed by atoms with Crippen LogP contribution in [-0.4, -0.2) is 27.1 Å². The largest absolute Gasteiger partial charge is 0.507 e. The summed E-state index contributed by atoms with van der Waals surface area (Å²) in [5.41, 5.74) is 1.36. The van der Waals surface area contributed by atoms with Crippen molar-refractivity contribution in [2.24, 2.45) is 10.9 Å². The predicted molar refractivity (Wildman–Crippen MR) is 120 cm³/mol. The van der Waals surface area contributed by atoms with Crippen molar-refractivity contribution in [3.63, 3.8) is 0 Å². The van der Waals surface area contributed by atoms with Crippen LogP contribution in [0.2, 0.25) is 5.02 Å². The number of thioether (sulfide) groups is 1. The Morgan fingerprint density at radius 2 is 1.93 bits per heavy atom. The van der Waals surface area contributed by atoms with Gasteiger partial charge < -0.3 is 5.11 Å². The summed E-state index contributed by atoms with van der Waals surface area (Å²) in [6.07, 6.45) is 6.14. The van der Waals surface area contributed by atoms with Crippen molar-refractivity contribution in [1.29, 1.82) is 0 Å². The zero-order valence-corrected chi connectivity index (χ0v) is 17.8. The topological polar surface area (TPSA) is 52.9 Å². The van der Waals surface area contributed by atoms with Gasteiger partial charge in [-0.1, -0.05) is 49.6 Å². The summed E-state index contributed by atoms with van der Waals surface area (Å²) in [6.45, 7) is 2.21. The van der Waals surface area contributed by atoms with E-state index in [1.54, 1.807) is 24.3 Å². The zero-order valence-electron chi connectivity index (χ0n) is 16.2. The number of carbonyl (C=O) groups is 1. The van der Waals surface area contributed by atoms with Crippen LogP contribution in [-0.2, 0) is 4.79 Å². The van der Waals surface area contributed by atoms with Crippen molar-refractivity contribution in [3.05, 3.63) is 64.0 Å². The van der Waals surface area contributed by atoms with Crippen LogP contribution in [0.1, 0.15) is 38.2 Å². The van der Waals surface area contributed by atoms with Crippen LogP contribution in [0.15, 0.2) is 58.4 Å². The molecule has 150 valence electrons. The van der Waals surface area contributed by atoms with Gasteiger partial charge in [-0.05, 0) is 66.9 Å². The Kier molecular flexibility index (Phi) is 5.97. The smallest absolute Gasteiger partial charge is 0.267 e. The molecular formula is C23H23ClN2O2S. The predicted octanol–water partition coefficient (Wildman–Crippen LogP) is 6.23. The van der Waals surface area contributed by atoms with Gasteiger partial charge in [-0.3, -0.25) is 9.69 Å². The monoisotopic (exact) mass is 426 g/mol. The molecule has 1 aliphatic carbocycles. The molecule has 6 heteroatoms. The van der Waals surface area contributed by atoms with Gasteiger partial charge in [0.05, 0.1) is 10.6 Å². The first kappa shape index (κ1) is 20.0. The fourth-order valence-corrected chi connectivity index (χ4v) is 5.15. The molecule has 0 radical (unpaired) electrons. The summed E-state index contributed by atoms with van der Waals surface area (Å²) >= 11 is 7.44. The van der Waals surface area contributed by atoms with Crippen molar-refractivity contribution in [2.45, 2.75) is 38.6 Å². The molecule has 0 unspecified atom stereocenters. The maximum Gasteiger partial charge on any atom is 0.267 e. The minimum Gasteiger partial charge on any atom is -0.507 e. The number of amides is 1. The molecule has 1 saturated carbocycles. The molecule has 4 rings (SSSR count). The lowest BCUT2D eigenvalue weighted by Crippen LogP contribution is -2.44. The second-order valence-electron chi connectivity index (χ2n) is 7.55. The van der Waals surface area contributed by atoms with E-state index in [2.05, 4.69) is 6.92 Å². The Hall–Kier alpha value is -2.24. The van der Waals surface area contributed by atoms with Crippen molar-refractivity contribution in [1.82, 2.24) is 4.90 Å². The van der Waals surface area contributed by atoms with Crippen molar-refractivity contribution < 1.29 is 9.90 Å². The number of rotatable bonds is 3. The van der Waals surface area contributed by atoms with E-state index in [-0.39, 0.29) is 17.7 Å². The standard InChI is InChI=1S/C23H23ClN2O2S/c1-15-7-5-6-10-19(15)26-22(28)21(14-16-13-17(24)11-12-20(16)27)29-23(26)25-18-8-3-2-4-9-18/h2-4,8-9,11-15,19,27H,5-7,10H2,1H3/b21-14-,25-23?/t15-,19+/m0/s1. The highest BCUT2D eigenvalue weighted by Crippen LogP contribution is 2.40. The summed E-state index contributed by atoms with van der Waals surface area (Å²) in [5.74, 6) is 0.470. The Balaban J connectivity index is 1.74. The maximum atomic E-state index is 13.4. The van der Waals surface area contributed by atoms with E-state index in [1.165, 1.54) is 18.2 Å². The quantitative estimate of drug-likeness (QED) is 0.592. The van der Waals surface area contributed by atoms with Gasteiger partial charge >= 0.3 is 0 Å². The van der Waals surface area contributed by atoms with Gasteiger partial charge in [0, 0.05) is 16.6 Å². The summed E-state index contributed by atoms with van der Waals surface area (Å²) in [5, 5.41) is 11.4. The molecule has 2 aliphatic rings. The van der Waals surface area contributed by atoms with E-state index < -0.39 is 0 Å². The molecule has 0 spiro atoms. The van der Waals surface area contributed by atoms with Gasteiger partial charge in [0.25, 0.3) is 5.91 Å². The fraction of sp³-hybridized carbons (Fsp3) is 0.304. The van der Waals surface area contributed by atoms with Crippen LogP contribution < -0.4 is 0 Å². The third-order valence-electron chi connectivity index (χ3n) is 5.49. The van der Waals surface area contributed by atoms with Gasteiger partial charge in [-0.2, -0.15) is 0 Å². The second-order valence-corrected chi connectivity index (χ2v) is 8.99. The average Bonchev–Trinajstić information content (AvgIpc) is 3.01. The van der Waals surface area contributed by atoms with Gasteiger partial charge in [-0.25, -0.2) is 4.99 Å². The summed E-state index contributed by atoms with van der Waals surface area (Å²) in [6, 6.07) is 14.7.